The summed E-state index contributed by atoms with van der Waals surface area (Å²) >= 11 is 0. The van der Waals surface area contributed by atoms with E-state index in [-0.39, 0.29) is 0 Å². The highest BCUT2D eigenvalue weighted by molar-refractivity contribution is 4.81. The molecule has 0 aromatic heterocycles. The molecular formula is C11H25NO. The van der Waals surface area contributed by atoms with Gasteiger partial charge in [0, 0.05) is 6.54 Å². The van der Waals surface area contributed by atoms with Crippen molar-refractivity contribution in [2.45, 2.75) is 39.7 Å². The second kappa shape index (κ2) is 4.97. The molecule has 0 rings (SSSR count). The molecule has 2 heteroatoms. The summed E-state index contributed by atoms with van der Waals surface area (Å²) in [6, 6.07) is 0. The standard InChI is InChI=1S/C11H25NO/c1-9(2)7-11(4,13)10(3)8-12(5)6/h9-10,13H,7-8H2,1-6H3. The Morgan fingerprint density at radius 3 is 2.00 bits per heavy atom. The van der Waals surface area contributed by atoms with Crippen molar-refractivity contribution in [3.63, 3.8) is 0 Å². The third kappa shape index (κ3) is 5.27. The molecule has 2 atom stereocenters. The number of nitrogens with zero attached hydrogens (tertiary/aromatic N) is 1. The highest BCUT2D eigenvalue weighted by Gasteiger charge is 2.29. The SMILES string of the molecule is CC(C)CC(C)(O)C(C)CN(C)C. The first-order valence-corrected chi connectivity index (χ1v) is 5.13. The third-order valence-electron chi connectivity index (χ3n) is 2.52. The van der Waals surface area contributed by atoms with Crippen LogP contribution in [0.5, 0.6) is 0 Å². The average Bonchev–Trinajstić information content (AvgIpc) is 1.81. The molecule has 13 heavy (non-hydrogen) atoms. The van der Waals surface area contributed by atoms with Crippen LogP contribution in [-0.4, -0.2) is 36.2 Å². The van der Waals surface area contributed by atoms with Crippen LogP contribution in [0.25, 0.3) is 0 Å². The quantitative estimate of drug-likeness (QED) is 0.711. The van der Waals surface area contributed by atoms with Gasteiger partial charge in [-0.05, 0) is 39.3 Å². The minimum Gasteiger partial charge on any atom is -0.390 e. The molecule has 0 aliphatic rings. The van der Waals surface area contributed by atoms with Crippen LogP contribution in [0.1, 0.15) is 34.1 Å². The monoisotopic (exact) mass is 187 g/mol. The lowest BCUT2D eigenvalue weighted by Crippen LogP contribution is -2.39. The van der Waals surface area contributed by atoms with Crippen molar-refractivity contribution in [1.29, 1.82) is 0 Å². The molecule has 0 amide bonds. The molecule has 0 aromatic rings. The second-order valence-corrected chi connectivity index (χ2v) is 5.12. The number of rotatable bonds is 5. The third-order valence-corrected chi connectivity index (χ3v) is 2.52. The van der Waals surface area contributed by atoms with Gasteiger partial charge in [0.2, 0.25) is 0 Å². The van der Waals surface area contributed by atoms with Crippen molar-refractivity contribution in [3.05, 3.63) is 0 Å². The predicted octanol–water partition coefficient (Wildman–Crippen LogP) is 1.98. The van der Waals surface area contributed by atoms with Crippen LogP contribution < -0.4 is 0 Å². The van der Waals surface area contributed by atoms with E-state index in [0.29, 0.717) is 11.8 Å². The first-order valence-electron chi connectivity index (χ1n) is 5.13. The Hall–Kier alpha value is -0.0800. The van der Waals surface area contributed by atoms with Crippen molar-refractivity contribution in [3.8, 4) is 0 Å². The van der Waals surface area contributed by atoms with Gasteiger partial charge < -0.3 is 10.0 Å². The van der Waals surface area contributed by atoms with Gasteiger partial charge in [0.1, 0.15) is 0 Å². The van der Waals surface area contributed by atoms with Crippen molar-refractivity contribution >= 4 is 0 Å². The molecule has 0 bridgehead atoms. The van der Waals surface area contributed by atoms with Gasteiger partial charge in [-0.1, -0.05) is 20.8 Å². The van der Waals surface area contributed by atoms with Gasteiger partial charge in [0.15, 0.2) is 0 Å². The molecule has 0 radical (unpaired) electrons. The zero-order valence-corrected chi connectivity index (χ0v) is 9.96. The van der Waals surface area contributed by atoms with E-state index in [1.54, 1.807) is 0 Å². The van der Waals surface area contributed by atoms with Crippen LogP contribution in [0.4, 0.5) is 0 Å². The first-order chi connectivity index (χ1) is 5.75. The van der Waals surface area contributed by atoms with Crippen LogP contribution in [0, 0.1) is 11.8 Å². The van der Waals surface area contributed by atoms with E-state index in [0.717, 1.165) is 13.0 Å². The van der Waals surface area contributed by atoms with E-state index in [1.165, 1.54) is 0 Å². The molecule has 0 saturated heterocycles. The lowest BCUT2D eigenvalue weighted by molar-refractivity contribution is -0.0201. The zero-order valence-electron chi connectivity index (χ0n) is 9.96. The van der Waals surface area contributed by atoms with Gasteiger partial charge in [-0.2, -0.15) is 0 Å². The Morgan fingerprint density at radius 2 is 1.69 bits per heavy atom. The molecule has 0 aliphatic carbocycles. The molecule has 2 unspecified atom stereocenters. The molecule has 2 nitrogen and oxygen atoms in total. The topological polar surface area (TPSA) is 23.5 Å². The van der Waals surface area contributed by atoms with E-state index in [2.05, 4.69) is 25.7 Å². The smallest absolute Gasteiger partial charge is 0.0659 e. The Bertz CT molecular complexity index is 141. The Labute approximate surface area is 82.9 Å². The van der Waals surface area contributed by atoms with Crippen LogP contribution in [-0.2, 0) is 0 Å². The molecule has 0 spiro atoms. The fourth-order valence-electron chi connectivity index (χ4n) is 1.77. The lowest BCUT2D eigenvalue weighted by Gasteiger charge is -2.33. The largest absolute Gasteiger partial charge is 0.390 e. The Kier molecular flexibility index (Phi) is 4.93. The van der Waals surface area contributed by atoms with Gasteiger partial charge in [0.05, 0.1) is 5.60 Å². The van der Waals surface area contributed by atoms with E-state index in [1.807, 2.05) is 21.0 Å². The summed E-state index contributed by atoms with van der Waals surface area (Å²) in [6.45, 7) is 9.30. The van der Waals surface area contributed by atoms with E-state index < -0.39 is 5.60 Å². The van der Waals surface area contributed by atoms with Gasteiger partial charge in [0.25, 0.3) is 0 Å². The van der Waals surface area contributed by atoms with E-state index in [4.69, 9.17) is 0 Å². The number of hydrogen-bond acceptors (Lipinski definition) is 2. The minimum atomic E-state index is -0.529. The van der Waals surface area contributed by atoms with Crippen molar-refractivity contribution in [1.82, 2.24) is 4.90 Å². The summed E-state index contributed by atoms with van der Waals surface area (Å²) in [5.41, 5.74) is -0.529. The molecule has 0 aliphatic heterocycles. The highest BCUT2D eigenvalue weighted by atomic mass is 16.3. The zero-order chi connectivity index (χ0) is 10.6. The maximum absolute atomic E-state index is 10.2. The molecule has 0 aromatic carbocycles. The minimum absolute atomic E-state index is 0.324. The first kappa shape index (κ1) is 12.9. The Balaban J connectivity index is 4.10. The van der Waals surface area contributed by atoms with E-state index in [9.17, 15) is 5.11 Å². The number of hydrogen-bond donors (Lipinski definition) is 1. The highest BCUT2D eigenvalue weighted by Crippen LogP contribution is 2.25. The fourth-order valence-corrected chi connectivity index (χ4v) is 1.77. The van der Waals surface area contributed by atoms with Crippen LogP contribution in [0.3, 0.4) is 0 Å². The van der Waals surface area contributed by atoms with Gasteiger partial charge >= 0.3 is 0 Å². The average molecular weight is 187 g/mol. The number of aliphatic hydroxyl groups is 1. The molecular weight excluding hydrogens is 162 g/mol. The molecule has 0 fully saturated rings. The van der Waals surface area contributed by atoms with Crippen LogP contribution in [0.2, 0.25) is 0 Å². The molecule has 80 valence electrons. The molecule has 0 heterocycles. The van der Waals surface area contributed by atoms with Crippen LogP contribution in [0.15, 0.2) is 0 Å². The van der Waals surface area contributed by atoms with Crippen molar-refractivity contribution in [2.24, 2.45) is 11.8 Å². The van der Waals surface area contributed by atoms with Crippen molar-refractivity contribution < 1.29 is 5.11 Å². The summed E-state index contributed by atoms with van der Waals surface area (Å²) in [4.78, 5) is 2.12. The second-order valence-electron chi connectivity index (χ2n) is 5.12. The lowest BCUT2D eigenvalue weighted by atomic mass is 9.83. The molecule has 1 N–H and O–H groups in total. The summed E-state index contributed by atoms with van der Waals surface area (Å²) < 4.78 is 0. The van der Waals surface area contributed by atoms with Crippen LogP contribution >= 0.6 is 0 Å². The van der Waals surface area contributed by atoms with Gasteiger partial charge in [-0.15, -0.1) is 0 Å². The summed E-state index contributed by atoms with van der Waals surface area (Å²) in [5, 5.41) is 10.2. The van der Waals surface area contributed by atoms with E-state index >= 15 is 0 Å². The predicted molar refractivity (Wildman–Crippen MR) is 57.8 cm³/mol. The maximum Gasteiger partial charge on any atom is 0.0659 e. The van der Waals surface area contributed by atoms with Gasteiger partial charge in [-0.25, -0.2) is 0 Å². The fraction of sp³-hybridized carbons (Fsp3) is 1.00. The van der Waals surface area contributed by atoms with Crippen molar-refractivity contribution in [2.75, 3.05) is 20.6 Å². The normalized spacial score (nSPS) is 19.2. The summed E-state index contributed by atoms with van der Waals surface area (Å²) in [6.07, 6.45) is 0.877. The molecule has 0 saturated carbocycles. The summed E-state index contributed by atoms with van der Waals surface area (Å²) in [5.74, 6) is 0.879. The maximum atomic E-state index is 10.2. The Morgan fingerprint density at radius 1 is 1.23 bits per heavy atom. The summed E-state index contributed by atoms with van der Waals surface area (Å²) in [7, 11) is 4.09. The van der Waals surface area contributed by atoms with Gasteiger partial charge in [-0.3, -0.25) is 0 Å².